The molecule has 0 radical (unpaired) electrons. The lowest BCUT2D eigenvalue weighted by molar-refractivity contribution is -0.121. The van der Waals surface area contributed by atoms with Gasteiger partial charge < -0.3 is 4.90 Å². The fourth-order valence-electron chi connectivity index (χ4n) is 3.67. The summed E-state index contributed by atoms with van der Waals surface area (Å²) in [5, 5.41) is 0.199. The number of hydrogen-bond acceptors (Lipinski definition) is 7. The van der Waals surface area contributed by atoms with E-state index in [2.05, 4.69) is 4.98 Å². The standard InChI is InChI=1S/C20H21ClF2N4O3S3/c1-25(2)8-9-26(20-24-18-13(23)10-12(22)11-15(18)31-20)19(28)14-4-3-7-27(14)33(29,30)17-6-5-16(21)32-17/h5-6,10-11,14H,3-4,7-9H2,1-2H3. The van der Waals surface area contributed by atoms with Gasteiger partial charge in [0.15, 0.2) is 10.9 Å². The molecule has 1 amide bonds. The highest BCUT2D eigenvalue weighted by atomic mass is 35.5. The second-order valence-electron chi connectivity index (χ2n) is 7.86. The molecule has 0 N–H and O–H groups in total. The lowest BCUT2D eigenvalue weighted by atomic mass is 10.2. The van der Waals surface area contributed by atoms with Gasteiger partial charge in [0, 0.05) is 25.7 Å². The molecule has 3 aromatic rings. The molecule has 0 aliphatic carbocycles. The maximum atomic E-state index is 14.2. The first-order valence-electron chi connectivity index (χ1n) is 10.1. The summed E-state index contributed by atoms with van der Waals surface area (Å²) < 4.78 is 56.2. The van der Waals surface area contributed by atoms with Crippen molar-refractivity contribution in [1.82, 2.24) is 14.2 Å². The Hall–Kier alpha value is -1.70. The topological polar surface area (TPSA) is 73.8 Å². The number of carbonyl (C=O) groups excluding carboxylic acids is 1. The number of likely N-dealkylation sites (N-methyl/N-ethyl adjacent to an activating group) is 1. The molecule has 1 aliphatic heterocycles. The van der Waals surface area contributed by atoms with Crippen molar-refractivity contribution in [2.45, 2.75) is 23.1 Å². The molecule has 33 heavy (non-hydrogen) atoms. The Morgan fingerprint density at radius 3 is 2.67 bits per heavy atom. The van der Waals surface area contributed by atoms with Crippen LogP contribution in [-0.2, 0) is 14.8 Å². The molecule has 1 fully saturated rings. The highest BCUT2D eigenvalue weighted by molar-refractivity contribution is 7.91. The van der Waals surface area contributed by atoms with Crippen LogP contribution >= 0.6 is 34.3 Å². The molecule has 13 heteroatoms. The number of amides is 1. The quantitative estimate of drug-likeness (QED) is 0.457. The average molecular weight is 535 g/mol. The van der Waals surface area contributed by atoms with E-state index in [1.165, 1.54) is 27.4 Å². The van der Waals surface area contributed by atoms with Crippen LogP contribution in [0.25, 0.3) is 10.2 Å². The van der Waals surface area contributed by atoms with Crippen molar-refractivity contribution in [3.8, 4) is 0 Å². The van der Waals surface area contributed by atoms with Crippen molar-refractivity contribution < 1.29 is 22.0 Å². The molecule has 4 rings (SSSR count). The zero-order valence-electron chi connectivity index (χ0n) is 17.8. The maximum absolute atomic E-state index is 14.2. The lowest BCUT2D eigenvalue weighted by Gasteiger charge is -2.29. The minimum Gasteiger partial charge on any atom is -0.308 e. The number of benzene rings is 1. The minimum absolute atomic E-state index is 0.0248. The van der Waals surface area contributed by atoms with Crippen LogP contribution in [0.2, 0.25) is 4.34 Å². The number of nitrogens with zero attached hydrogens (tertiary/aromatic N) is 4. The summed E-state index contributed by atoms with van der Waals surface area (Å²) in [7, 11) is -0.241. The first-order chi connectivity index (χ1) is 15.6. The molecule has 7 nitrogen and oxygen atoms in total. The summed E-state index contributed by atoms with van der Waals surface area (Å²) in [5.74, 6) is -1.99. The lowest BCUT2D eigenvalue weighted by Crippen LogP contribution is -2.49. The van der Waals surface area contributed by atoms with Crippen molar-refractivity contribution in [2.24, 2.45) is 0 Å². The normalized spacial score (nSPS) is 17.3. The SMILES string of the molecule is CN(C)CCN(C(=O)C1CCCN1S(=O)(=O)c1ccc(Cl)s1)c1nc2c(F)cc(F)cc2s1. The van der Waals surface area contributed by atoms with Gasteiger partial charge in [-0.05, 0) is 45.1 Å². The van der Waals surface area contributed by atoms with Crippen LogP contribution in [0.5, 0.6) is 0 Å². The van der Waals surface area contributed by atoms with Crippen molar-refractivity contribution in [2.75, 3.05) is 38.6 Å². The number of hydrogen-bond donors (Lipinski definition) is 0. The third-order valence-electron chi connectivity index (χ3n) is 5.27. The van der Waals surface area contributed by atoms with Crippen LogP contribution in [0.15, 0.2) is 28.5 Å². The van der Waals surface area contributed by atoms with E-state index >= 15 is 0 Å². The molecular formula is C20H21ClF2N4O3S3. The fraction of sp³-hybridized carbons (Fsp3) is 0.400. The van der Waals surface area contributed by atoms with E-state index in [-0.39, 0.29) is 32.6 Å². The minimum atomic E-state index is -3.91. The molecule has 1 unspecified atom stereocenters. The Balaban J connectivity index is 1.70. The van der Waals surface area contributed by atoms with Gasteiger partial charge in [0.2, 0.25) is 5.91 Å². The van der Waals surface area contributed by atoms with E-state index in [9.17, 15) is 22.0 Å². The van der Waals surface area contributed by atoms with Crippen LogP contribution in [-0.4, -0.2) is 68.3 Å². The second kappa shape index (κ2) is 9.51. The summed E-state index contributed by atoms with van der Waals surface area (Å²) >= 11 is 7.86. The van der Waals surface area contributed by atoms with Gasteiger partial charge in [-0.15, -0.1) is 11.3 Å². The van der Waals surface area contributed by atoms with Crippen LogP contribution in [0.1, 0.15) is 12.8 Å². The van der Waals surface area contributed by atoms with Crippen LogP contribution < -0.4 is 4.90 Å². The highest BCUT2D eigenvalue weighted by Gasteiger charge is 2.42. The van der Waals surface area contributed by atoms with Crippen molar-refractivity contribution in [1.29, 1.82) is 0 Å². The van der Waals surface area contributed by atoms with Gasteiger partial charge in [-0.2, -0.15) is 4.31 Å². The van der Waals surface area contributed by atoms with Crippen molar-refractivity contribution in [3.05, 3.63) is 40.2 Å². The monoisotopic (exact) mass is 534 g/mol. The number of carbonyl (C=O) groups is 1. The van der Waals surface area contributed by atoms with Gasteiger partial charge in [0.1, 0.15) is 21.6 Å². The Kier molecular flexibility index (Phi) is 7.04. The van der Waals surface area contributed by atoms with Crippen LogP contribution in [0, 0.1) is 11.6 Å². The van der Waals surface area contributed by atoms with E-state index in [1.54, 1.807) is 0 Å². The highest BCUT2D eigenvalue weighted by Crippen LogP contribution is 2.35. The Bertz CT molecular complexity index is 1290. The Morgan fingerprint density at radius 1 is 1.24 bits per heavy atom. The first kappa shape index (κ1) is 24.4. The second-order valence-corrected chi connectivity index (χ2v) is 12.7. The number of anilines is 1. The number of thiazole rings is 1. The number of thiophene rings is 1. The molecule has 178 valence electrons. The van der Waals surface area contributed by atoms with Gasteiger partial charge in [0.05, 0.1) is 9.04 Å². The Morgan fingerprint density at radius 2 is 2.00 bits per heavy atom. The molecule has 1 aromatic carbocycles. The number of sulfonamides is 1. The number of aromatic nitrogens is 1. The predicted molar refractivity (Wildman–Crippen MR) is 127 cm³/mol. The number of rotatable bonds is 7. The third-order valence-corrected chi connectivity index (χ3v) is 9.90. The summed E-state index contributed by atoms with van der Waals surface area (Å²) in [4.78, 5) is 21.2. The molecule has 0 bridgehead atoms. The van der Waals surface area contributed by atoms with Crippen molar-refractivity contribution in [3.63, 3.8) is 0 Å². The molecule has 0 spiro atoms. The van der Waals surface area contributed by atoms with Gasteiger partial charge in [-0.3, -0.25) is 9.69 Å². The summed E-state index contributed by atoms with van der Waals surface area (Å²) in [6.45, 7) is 0.888. The third kappa shape index (κ3) is 4.91. The first-order valence-corrected chi connectivity index (χ1v) is 13.5. The smallest absolute Gasteiger partial charge is 0.253 e. The van der Waals surface area contributed by atoms with E-state index in [0.717, 1.165) is 28.7 Å². The van der Waals surface area contributed by atoms with E-state index in [0.29, 0.717) is 23.7 Å². The van der Waals surface area contributed by atoms with E-state index < -0.39 is 33.6 Å². The largest absolute Gasteiger partial charge is 0.308 e. The van der Waals surface area contributed by atoms with Crippen LogP contribution in [0.3, 0.4) is 0 Å². The average Bonchev–Trinajstić information content (AvgIpc) is 3.47. The molecule has 3 heterocycles. The van der Waals surface area contributed by atoms with Gasteiger partial charge in [-0.25, -0.2) is 22.2 Å². The molecule has 1 aliphatic rings. The van der Waals surface area contributed by atoms with Crippen molar-refractivity contribution >= 4 is 65.6 Å². The zero-order valence-corrected chi connectivity index (χ0v) is 21.0. The molecule has 1 saturated heterocycles. The van der Waals surface area contributed by atoms with E-state index in [4.69, 9.17) is 11.6 Å². The number of halogens is 3. The van der Waals surface area contributed by atoms with Crippen LogP contribution in [0.4, 0.5) is 13.9 Å². The number of fused-ring (bicyclic) bond motifs is 1. The molecular weight excluding hydrogens is 514 g/mol. The van der Waals surface area contributed by atoms with Gasteiger partial charge in [0.25, 0.3) is 10.0 Å². The molecule has 0 saturated carbocycles. The molecule has 2 aromatic heterocycles. The summed E-state index contributed by atoms with van der Waals surface area (Å²) in [5.41, 5.74) is -0.0248. The predicted octanol–water partition coefficient (Wildman–Crippen LogP) is 4.04. The molecule has 1 atom stereocenters. The van der Waals surface area contributed by atoms with E-state index in [1.807, 2.05) is 19.0 Å². The maximum Gasteiger partial charge on any atom is 0.253 e. The van der Waals surface area contributed by atoms with Gasteiger partial charge >= 0.3 is 0 Å². The summed E-state index contributed by atoms with van der Waals surface area (Å²) in [6, 6.07) is 3.92. The fourth-order valence-corrected chi connectivity index (χ4v) is 7.97. The zero-order chi connectivity index (χ0) is 23.9. The summed E-state index contributed by atoms with van der Waals surface area (Å²) in [6.07, 6.45) is 0.874. The Labute approximate surface area is 203 Å². The van der Waals surface area contributed by atoms with Gasteiger partial charge in [-0.1, -0.05) is 22.9 Å².